The predicted octanol–water partition coefficient (Wildman–Crippen LogP) is 0.596. The predicted molar refractivity (Wildman–Crippen MR) is 72.3 cm³/mol. The molecular formula is C13H17N5O2. The van der Waals surface area contributed by atoms with Crippen LogP contribution in [0.3, 0.4) is 0 Å². The van der Waals surface area contributed by atoms with Crippen molar-refractivity contribution < 1.29 is 9.53 Å². The number of H-pyrrole nitrogens is 1. The highest BCUT2D eigenvalue weighted by Crippen LogP contribution is 2.20. The summed E-state index contributed by atoms with van der Waals surface area (Å²) in [6.07, 6.45) is 5.23. The summed E-state index contributed by atoms with van der Waals surface area (Å²) in [7, 11) is 1.66. The van der Waals surface area contributed by atoms with Crippen molar-refractivity contribution in [2.24, 2.45) is 0 Å². The first-order valence-corrected chi connectivity index (χ1v) is 6.66. The van der Waals surface area contributed by atoms with Crippen molar-refractivity contribution in [1.82, 2.24) is 24.8 Å². The molecule has 7 nitrogen and oxygen atoms in total. The fourth-order valence-electron chi connectivity index (χ4n) is 2.34. The van der Waals surface area contributed by atoms with Gasteiger partial charge in [-0.05, 0) is 12.8 Å². The van der Waals surface area contributed by atoms with Gasteiger partial charge >= 0.3 is 0 Å². The van der Waals surface area contributed by atoms with Gasteiger partial charge in [0.25, 0.3) is 5.91 Å². The van der Waals surface area contributed by atoms with Gasteiger partial charge in [0.15, 0.2) is 5.82 Å². The van der Waals surface area contributed by atoms with E-state index in [0.29, 0.717) is 31.2 Å². The number of aryl methyl sites for hydroxylation is 1. The van der Waals surface area contributed by atoms with Gasteiger partial charge in [-0.25, -0.2) is 9.97 Å². The molecule has 1 amide bonds. The zero-order valence-corrected chi connectivity index (χ0v) is 11.3. The Balaban J connectivity index is 1.93. The second kappa shape index (κ2) is 5.46. The molecule has 0 aliphatic carbocycles. The Labute approximate surface area is 116 Å². The Morgan fingerprint density at radius 2 is 2.40 bits per heavy atom. The van der Waals surface area contributed by atoms with Gasteiger partial charge in [-0.2, -0.15) is 0 Å². The van der Waals surface area contributed by atoms with Gasteiger partial charge in [0.1, 0.15) is 11.4 Å². The lowest BCUT2D eigenvalue weighted by atomic mass is 10.2. The van der Waals surface area contributed by atoms with Crippen LogP contribution in [0.1, 0.15) is 22.6 Å². The molecule has 2 N–H and O–H groups in total. The molecule has 0 spiro atoms. The van der Waals surface area contributed by atoms with Crippen LogP contribution in [0.5, 0.6) is 0 Å². The number of carbonyl (C=O) groups excluding carboxylic acids is 1. The van der Waals surface area contributed by atoms with E-state index < -0.39 is 0 Å². The fourth-order valence-corrected chi connectivity index (χ4v) is 2.34. The van der Waals surface area contributed by atoms with Crippen LogP contribution >= 0.6 is 0 Å². The molecule has 2 aromatic rings. The smallest absolute Gasteiger partial charge is 0.271 e. The molecule has 0 aromatic carbocycles. The quantitative estimate of drug-likeness (QED) is 0.855. The van der Waals surface area contributed by atoms with Crippen molar-refractivity contribution in [3.8, 4) is 11.5 Å². The number of aromatic nitrogens is 4. The van der Waals surface area contributed by atoms with Crippen LogP contribution in [-0.4, -0.2) is 45.7 Å². The molecule has 0 fully saturated rings. The number of imidazole rings is 2. The minimum Gasteiger partial charge on any atom is -0.383 e. The third kappa shape index (κ3) is 2.32. The molecule has 0 radical (unpaired) electrons. The van der Waals surface area contributed by atoms with E-state index in [4.69, 9.17) is 4.74 Å². The molecule has 0 saturated heterocycles. The standard InChI is InChI=1S/C13H17N5O2/c1-20-6-5-18-8-14-7-10(18)12-16-9-3-2-4-15-13(19)11(9)17-12/h7-8H,2-6H2,1H3,(H,15,19)(H,16,17). The number of fused-ring (bicyclic) bond motifs is 1. The highest BCUT2D eigenvalue weighted by Gasteiger charge is 2.21. The summed E-state index contributed by atoms with van der Waals surface area (Å²) in [6.45, 7) is 2.00. The Morgan fingerprint density at radius 1 is 1.50 bits per heavy atom. The van der Waals surface area contributed by atoms with Crippen LogP contribution in [0, 0.1) is 0 Å². The highest BCUT2D eigenvalue weighted by atomic mass is 16.5. The minimum absolute atomic E-state index is 0.108. The van der Waals surface area contributed by atoms with Crippen LogP contribution in [-0.2, 0) is 17.7 Å². The molecule has 0 bridgehead atoms. The Hall–Kier alpha value is -2.15. The number of aromatic amines is 1. The summed E-state index contributed by atoms with van der Waals surface area (Å²) in [6, 6.07) is 0. The van der Waals surface area contributed by atoms with E-state index in [1.807, 2.05) is 4.57 Å². The van der Waals surface area contributed by atoms with Gasteiger partial charge in [-0.1, -0.05) is 0 Å². The van der Waals surface area contributed by atoms with Gasteiger partial charge in [-0.3, -0.25) is 4.79 Å². The molecule has 3 heterocycles. The summed E-state index contributed by atoms with van der Waals surface area (Å²) < 4.78 is 7.04. The number of nitrogens with zero attached hydrogens (tertiary/aromatic N) is 3. The molecule has 0 atom stereocenters. The highest BCUT2D eigenvalue weighted by molar-refractivity contribution is 5.94. The van der Waals surface area contributed by atoms with Crippen molar-refractivity contribution in [3.63, 3.8) is 0 Å². The summed E-state index contributed by atoms with van der Waals surface area (Å²) in [4.78, 5) is 23.7. The van der Waals surface area contributed by atoms with E-state index in [9.17, 15) is 4.79 Å². The SMILES string of the molecule is COCCn1cncc1-c1nc2c([nH]1)CCCNC2=O. The molecule has 7 heteroatoms. The maximum absolute atomic E-state index is 11.9. The van der Waals surface area contributed by atoms with E-state index in [1.165, 1.54) is 0 Å². The van der Waals surface area contributed by atoms with Gasteiger partial charge in [0.05, 0.1) is 19.1 Å². The van der Waals surface area contributed by atoms with Crippen LogP contribution in [0.4, 0.5) is 0 Å². The van der Waals surface area contributed by atoms with Crippen molar-refractivity contribution in [2.45, 2.75) is 19.4 Å². The Kier molecular flexibility index (Phi) is 3.51. The first-order valence-electron chi connectivity index (χ1n) is 6.66. The molecule has 20 heavy (non-hydrogen) atoms. The first-order chi connectivity index (χ1) is 9.79. The summed E-state index contributed by atoms with van der Waals surface area (Å²) in [5.74, 6) is 0.573. The Bertz CT molecular complexity index is 616. The third-order valence-corrected chi connectivity index (χ3v) is 3.37. The molecule has 3 rings (SSSR count). The van der Waals surface area contributed by atoms with E-state index in [1.54, 1.807) is 19.6 Å². The normalized spacial score (nSPS) is 14.8. The number of methoxy groups -OCH3 is 1. The first kappa shape index (κ1) is 12.9. The number of hydrogen-bond donors (Lipinski definition) is 2. The molecule has 2 aromatic heterocycles. The third-order valence-electron chi connectivity index (χ3n) is 3.37. The maximum Gasteiger partial charge on any atom is 0.271 e. The van der Waals surface area contributed by atoms with Crippen molar-refractivity contribution in [3.05, 3.63) is 23.9 Å². The molecule has 1 aliphatic heterocycles. The van der Waals surface area contributed by atoms with Crippen LogP contribution in [0.25, 0.3) is 11.5 Å². The fraction of sp³-hybridized carbons (Fsp3) is 0.462. The monoisotopic (exact) mass is 275 g/mol. The van der Waals surface area contributed by atoms with Crippen LogP contribution < -0.4 is 5.32 Å². The molecule has 0 saturated carbocycles. The second-order valence-corrected chi connectivity index (χ2v) is 4.74. The lowest BCUT2D eigenvalue weighted by Crippen LogP contribution is -2.23. The van der Waals surface area contributed by atoms with Gasteiger partial charge in [0.2, 0.25) is 0 Å². The van der Waals surface area contributed by atoms with Gasteiger partial charge < -0.3 is 19.6 Å². The summed E-state index contributed by atoms with van der Waals surface area (Å²) in [5, 5.41) is 2.84. The molecular weight excluding hydrogens is 258 g/mol. The summed E-state index contributed by atoms with van der Waals surface area (Å²) in [5.41, 5.74) is 2.26. The van der Waals surface area contributed by atoms with Crippen LogP contribution in [0.2, 0.25) is 0 Å². The van der Waals surface area contributed by atoms with E-state index >= 15 is 0 Å². The number of nitrogens with one attached hydrogen (secondary N) is 2. The number of carbonyl (C=O) groups is 1. The van der Waals surface area contributed by atoms with Crippen LogP contribution in [0.15, 0.2) is 12.5 Å². The molecule has 0 unspecified atom stereocenters. The number of ether oxygens (including phenoxy) is 1. The van der Waals surface area contributed by atoms with Crippen molar-refractivity contribution in [1.29, 1.82) is 0 Å². The number of hydrogen-bond acceptors (Lipinski definition) is 4. The Morgan fingerprint density at radius 3 is 3.25 bits per heavy atom. The van der Waals surface area contributed by atoms with E-state index in [0.717, 1.165) is 24.2 Å². The van der Waals surface area contributed by atoms with Gasteiger partial charge in [0, 0.05) is 25.9 Å². The maximum atomic E-state index is 11.9. The largest absolute Gasteiger partial charge is 0.383 e. The van der Waals surface area contributed by atoms with Gasteiger partial charge in [-0.15, -0.1) is 0 Å². The second-order valence-electron chi connectivity index (χ2n) is 4.74. The lowest BCUT2D eigenvalue weighted by Gasteiger charge is -2.05. The van der Waals surface area contributed by atoms with Crippen molar-refractivity contribution >= 4 is 5.91 Å². The molecule has 106 valence electrons. The molecule has 1 aliphatic rings. The zero-order chi connectivity index (χ0) is 13.9. The average molecular weight is 275 g/mol. The van der Waals surface area contributed by atoms with Crippen molar-refractivity contribution in [2.75, 3.05) is 20.3 Å². The minimum atomic E-state index is -0.108. The summed E-state index contributed by atoms with van der Waals surface area (Å²) >= 11 is 0. The lowest BCUT2D eigenvalue weighted by molar-refractivity contribution is 0.0951. The number of amides is 1. The zero-order valence-electron chi connectivity index (χ0n) is 11.3. The average Bonchev–Trinajstić information content (AvgIpc) is 3.04. The number of rotatable bonds is 4. The topological polar surface area (TPSA) is 84.8 Å². The van der Waals surface area contributed by atoms with E-state index in [2.05, 4.69) is 20.3 Å². The van der Waals surface area contributed by atoms with E-state index in [-0.39, 0.29) is 5.91 Å².